The number of carbonyl (C=O) groups is 3. The molecule has 0 spiro atoms. The van der Waals surface area contributed by atoms with Gasteiger partial charge in [-0.25, -0.2) is 4.79 Å². The third kappa shape index (κ3) is 5.22. The largest absolute Gasteiger partial charge is 0.507 e. The van der Waals surface area contributed by atoms with Crippen LogP contribution in [0.15, 0.2) is 77.9 Å². The van der Waals surface area contributed by atoms with E-state index < -0.39 is 55.0 Å². The Morgan fingerprint density at radius 1 is 1.00 bits per heavy atom. The number of ether oxygens (including phenoxy) is 1. The highest BCUT2D eigenvalue weighted by atomic mass is 16.5. The topological polar surface area (TPSA) is 145 Å². The number of aromatic hydroxyl groups is 1. The summed E-state index contributed by atoms with van der Waals surface area (Å²) in [7, 11) is 1.07. The molecule has 3 amide bonds. The molecule has 2 aliphatic rings. The van der Waals surface area contributed by atoms with E-state index in [-0.39, 0.29) is 18.6 Å². The van der Waals surface area contributed by atoms with E-state index in [1.54, 1.807) is 6.07 Å². The number of benzene rings is 3. The number of carbonyl (C=O) groups excluding carboxylic acids is 3. The number of methoxy groups -OCH3 is 1. The first kappa shape index (κ1) is 29.2. The van der Waals surface area contributed by atoms with Crippen LogP contribution in [0.1, 0.15) is 30.4 Å². The van der Waals surface area contributed by atoms with Crippen LogP contribution in [0.4, 0.5) is 4.79 Å². The lowest BCUT2D eigenvalue weighted by Crippen LogP contribution is -2.40. The minimum absolute atomic E-state index is 0.0109. The standard InChI is InChI=1S/C33H33NO8/c1-42-33(41)34-31(39)25-16-22(17-35)29(26(18-36)30(25)32(34)40)28(38)14-11-20(19-7-3-2-4-8-19)15-21-12-13-27(37)24-10-6-5-9-23(21)24/h2-10,12-13,15,25-26,28,30,35-38H,11,14,16-18H2,1H3/b20-15-/t25-,26+,28-,30-/m1/s1. The number of hydrogen-bond donors (Lipinski definition) is 4. The van der Waals surface area contributed by atoms with Gasteiger partial charge < -0.3 is 25.2 Å². The van der Waals surface area contributed by atoms with Crippen molar-refractivity contribution in [2.75, 3.05) is 20.3 Å². The first-order valence-electron chi connectivity index (χ1n) is 13.8. The Bertz CT molecular complexity index is 1580. The van der Waals surface area contributed by atoms with Crippen LogP contribution in [0.5, 0.6) is 5.75 Å². The molecule has 218 valence electrons. The highest BCUT2D eigenvalue weighted by Crippen LogP contribution is 2.46. The van der Waals surface area contributed by atoms with E-state index in [1.165, 1.54) is 0 Å². The van der Waals surface area contributed by atoms with E-state index in [0.717, 1.165) is 34.6 Å². The number of nitrogens with zero attached hydrogens (tertiary/aromatic N) is 1. The van der Waals surface area contributed by atoms with Gasteiger partial charge in [-0.1, -0.05) is 66.7 Å². The van der Waals surface area contributed by atoms with Crippen LogP contribution >= 0.6 is 0 Å². The predicted molar refractivity (Wildman–Crippen MR) is 156 cm³/mol. The Labute approximate surface area is 243 Å². The lowest BCUT2D eigenvalue weighted by Gasteiger charge is -2.36. The maximum Gasteiger partial charge on any atom is 0.423 e. The van der Waals surface area contributed by atoms with Crippen LogP contribution in [-0.4, -0.2) is 69.7 Å². The normalized spacial score (nSPS) is 21.6. The number of aliphatic hydroxyl groups excluding tert-OH is 3. The molecule has 3 aromatic carbocycles. The van der Waals surface area contributed by atoms with Crippen molar-refractivity contribution in [2.45, 2.75) is 25.4 Å². The summed E-state index contributed by atoms with van der Waals surface area (Å²) in [6.07, 6.45) is 0.372. The Balaban J connectivity index is 1.47. The van der Waals surface area contributed by atoms with Crippen molar-refractivity contribution in [3.8, 4) is 5.75 Å². The molecular formula is C33H33NO8. The zero-order valence-corrected chi connectivity index (χ0v) is 23.1. The van der Waals surface area contributed by atoms with E-state index >= 15 is 0 Å². The molecule has 42 heavy (non-hydrogen) atoms. The van der Waals surface area contributed by atoms with Crippen molar-refractivity contribution in [3.05, 3.63) is 89.0 Å². The number of allylic oxidation sites excluding steroid dienone is 1. The Morgan fingerprint density at radius 2 is 1.69 bits per heavy atom. The molecule has 1 saturated heterocycles. The molecule has 0 aromatic heterocycles. The summed E-state index contributed by atoms with van der Waals surface area (Å²) >= 11 is 0. The monoisotopic (exact) mass is 571 g/mol. The maximum absolute atomic E-state index is 13.2. The quantitative estimate of drug-likeness (QED) is 0.181. The second kappa shape index (κ2) is 12.3. The van der Waals surface area contributed by atoms with Crippen molar-refractivity contribution in [3.63, 3.8) is 0 Å². The van der Waals surface area contributed by atoms with Crippen LogP contribution < -0.4 is 0 Å². The van der Waals surface area contributed by atoms with Crippen LogP contribution in [0.2, 0.25) is 0 Å². The summed E-state index contributed by atoms with van der Waals surface area (Å²) in [5, 5.41) is 44.0. The first-order valence-corrected chi connectivity index (χ1v) is 13.8. The molecule has 4 N–H and O–H groups in total. The second-order valence-electron chi connectivity index (χ2n) is 10.6. The van der Waals surface area contributed by atoms with Crippen molar-refractivity contribution in [1.82, 2.24) is 4.90 Å². The SMILES string of the molecule is COC(=O)N1C(=O)[C@@H]2[C@@H](CC(CO)=C([C@H](O)CC/C(=C/c3ccc(O)c4ccccc34)c3ccccc3)[C@@H]2CO)C1=O. The van der Waals surface area contributed by atoms with Gasteiger partial charge in [0.2, 0.25) is 11.8 Å². The smallest absolute Gasteiger partial charge is 0.423 e. The zero-order valence-electron chi connectivity index (χ0n) is 23.1. The fourth-order valence-corrected chi connectivity index (χ4v) is 6.40. The van der Waals surface area contributed by atoms with Crippen molar-refractivity contribution in [2.24, 2.45) is 17.8 Å². The first-order chi connectivity index (χ1) is 20.3. The van der Waals surface area contributed by atoms with Crippen molar-refractivity contribution in [1.29, 1.82) is 0 Å². The molecule has 4 atom stereocenters. The van der Waals surface area contributed by atoms with Crippen molar-refractivity contribution >= 4 is 40.3 Å². The molecule has 0 bridgehead atoms. The van der Waals surface area contributed by atoms with Gasteiger partial charge in [-0.2, -0.15) is 4.90 Å². The van der Waals surface area contributed by atoms with E-state index in [2.05, 4.69) is 4.74 Å². The third-order valence-electron chi connectivity index (χ3n) is 8.38. The minimum atomic E-state index is -1.14. The summed E-state index contributed by atoms with van der Waals surface area (Å²) in [5.41, 5.74) is 3.45. The molecule has 5 rings (SSSR count). The Hall–Kier alpha value is -4.31. The molecule has 1 aliphatic heterocycles. The molecule has 0 radical (unpaired) electrons. The fourth-order valence-electron chi connectivity index (χ4n) is 6.40. The van der Waals surface area contributed by atoms with Gasteiger partial charge in [0, 0.05) is 11.3 Å². The second-order valence-corrected chi connectivity index (χ2v) is 10.6. The van der Waals surface area contributed by atoms with Crippen LogP contribution in [0.3, 0.4) is 0 Å². The van der Waals surface area contributed by atoms with E-state index in [0.29, 0.717) is 22.5 Å². The summed E-state index contributed by atoms with van der Waals surface area (Å²) in [6.45, 7) is -1.02. The van der Waals surface area contributed by atoms with E-state index in [9.17, 15) is 34.8 Å². The van der Waals surface area contributed by atoms with E-state index in [1.807, 2.05) is 66.7 Å². The van der Waals surface area contributed by atoms with Gasteiger partial charge in [-0.3, -0.25) is 9.59 Å². The van der Waals surface area contributed by atoms with Gasteiger partial charge in [0.15, 0.2) is 0 Å². The number of phenolic OH excluding ortho intramolecular Hbond substituents is 1. The summed E-state index contributed by atoms with van der Waals surface area (Å²) < 4.78 is 4.62. The molecule has 0 unspecified atom stereocenters. The maximum atomic E-state index is 13.2. The van der Waals surface area contributed by atoms with E-state index in [4.69, 9.17) is 0 Å². The summed E-state index contributed by atoms with van der Waals surface area (Å²) in [4.78, 5) is 38.7. The number of amides is 3. The number of likely N-dealkylation sites (tertiary alicyclic amines) is 1. The van der Waals surface area contributed by atoms with Gasteiger partial charge in [0.25, 0.3) is 0 Å². The number of hydrogen-bond acceptors (Lipinski definition) is 8. The van der Waals surface area contributed by atoms with Crippen LogP contribution in [0, 0.1) is 17.8 Å². The number of phenols is 1. The number of aliphatic hydroxyl groups is 3. The minimum Gasteiger partial charge on any atom is -0.507 e. The van der Waals surface area contributed by atoms with Gasteiger partial charge in [0.05, 0.1) is 38.3 Å². The van der Waals surface area contributed by atoms with Gasteiger partial charge >= 0.3 is 6.09 Å². The molecule has 9 nitrogen and oxygen atoms in total. The molecular weight excluding hydrogens is 538 g/mol. The zero-order chi connectivity index (χ0) is 30.0. The van der Waals surface area contributed by atoms with Gasteiger partial charge in [0.1, 0.15) is 5.75 Å². The number of rotatable bonds is 8. The molecule has 1 aliphatic carbocycles. The Kier molecular flexibility index (Phi) is 8.54. The summed E-state index contributed by atoms with van der Waals surface area (Å²) in [6, 6.07) is 20.7. The number of imide groups is 3. The van der Waals surface area contributed by atoms with Crippen LogP contribution in [0.25, 0.3) is 22.4 Å². The van der Waals surface area contributed by atoms with Crippen molar-refractivity contribution < 1.29 is 39.5 Å². The van der Waals surface area contributed by atoms with Gasteiger partial charge in [-0.15, -0.1) is 0 Å². The van der Waals surface area contributed by atoms with Gasteiger partial charge in [-0.05, 0) is 58.6 Å². The third-order valence-corrected chi connectivity index (χ3v) is 8.38. The predicted octanol–water partition coefficient (Wildman–Crippen LogP) is 3.90. The highest BCUT2D eigenvalue weighted by Gasteiger charge is 2.57. The lowest BCUT2D eigenvalue weighted by molar-refractivity contribution is -0.137. The van der Waals surface area contributed by atoms with Crippen LogP contribution in [-0.2, 0) is 14.3 Å². The lowest BCUT2D eigenvalue weighted by atomic mass is 9.68. The molecule has 3 aromatic rings. The average Bonchev–Trinajstić information content (AvgIpc) is 3.27. The average molecular weight is 572 g/mol. The number of fused-ring (bicyclic) bond motifs is 2. The molecule has 0 saturated carbocycles. The highest BCUT2D eigenvalue weighted by molar-refractivity contribution is 6.16. The summed E-state index contributed by atoms with van der Waals surface area (Å²) in [5.74, 6) is -4.26. The Morgan fingerprint density at radius 3 is 2.36 bits per heavy atom. The molecule has 1 fully saturated rings. The molecule has 1 heterocycles. The molecule has 9 heteroatoms. The fraction of sp³-hybridized carbons (Fsp3) is 0.303.